The van der Waals surface area contributed by atoms with E-state index in [1.54, 1.807) is 18.4 Å². The number of ether oxygens (including phenoxy) is 1. The monoisotopic (exact) mass is 230 g/mol. The number of methoxy groups -OCH3 is 1. The second-order valence-corrected chi connectivity index (χ2v) is 4.37. The molecule has 4 heteroatoms. The molecule has 1 N–H and O–H groups in total. The number of nitrogens with zero attached hydrogens (tertiary/aromatic N) is 1. The van der Waals surface area contributed by atoms with Crippen LogP contribution in [0.25, 0.3) is 21.7 Å². The van der Waals surface area contributed by atoms with Crippen LogP contribution >= 0.6 is 11.3 Å². The first-order valence-electron chi connectivity index (χ1n) is 4.95. The van der Waals surface area contributed by atoms with Gasteiger partial charge in [0.05, 0.1) is 17.5 Å². The normalized spacial score (nSPS) is 10.8. The van der Waals surface area contributed by atoms with Gasteiger partial charge in [-0.15, -0.1) is 11.3 Å². The Bertz CT molecular complexity index is 613. The topological polar surface area (TPSA) is 37.9 Å². The first kappa shape index (κ1) is 9.42. The summed E-state index contributed by atoms with van der Waals surface area (Å²) in [6.07, 6.45) is 0. The van der Waals surface area contributed by atoms with Gasteiger partial charge in [-0.2, -0.15) is 0 Å². The maximum absolute atomic E-state index is 5.28. The molecular weight excluding hydrogens is 220 g/mol. The highest BCUT2D eigenvalue weighted by atomic mass is 32.1. The van der Waals surface area contributed by atoms with E-state index in [1.807, 2.05) is 29.6 Å². The fourth-order valence-corrected chi connectivity index (χ4v) is 2.37. The molecule has 2 aromatic heterocycles. The third-order valence-corrected chi connectivity index (χ3v) is 3.33. The molecule has 0 amide bonds. The van der Waals surface area contributed by atoms with Crippen molar-refractivity contribution in [1.29, 1.82) is 0 Å². The van der Waals surface area contributed by atoms with Crippen molar-refractivity contribution in [3.8, 4) is 16.5 Å². The highest BCUT2D eigenvalue weighted by molar-refractivity contribution is 7.13. The van der Waals surface area contributed by atoms with Crippen LogP contribution in [-0.2, 0) is 0 Å². The predicted molar refractivity (Wildman–Crippen MR) is 66.0 cm³/mol. The highest BCUT2D eigenvalue weighted by Gasteiger charge is 2.09. The van der Waals surface area contributed by atoms with E-state index in [2.05, 4.69) is 16.0 Å². The summed E-state index contributed by atoms with van der Waals surface area (Å²) in [5.74, 6) is 1.70. The lowest BCUT2D eigenvalue weighted by Crippen LogP contribution is -1.83. The van der Waals surface area contributed by atoms with Gasteiger partial charge in [0.15, 0.2) is 0 Å². The molecule has 16 heavy (non-hydrogen) atoms. The SMILES string of the molecule is COc1cccc2[nH]c(-c3cccs3)nc12. The summed E-state index contributed by atoms with van der Waals surface area (Å²) >= 11 is 1.67. The van der Waals surface area contributed by atoms with E-state index in [0.717, 1.165) is 27.5 Å². The second kappa shape index (κ2) is 3.64. The van der Waals surface area contributed by atoms with E-state index >= 15 is 0 Å². The van der Waals surface area contributed by atoms with E-state index in [9.17, 15) is 0 Å². The smallest absolute Gasteiger partial charge is 0.148 e. The number of aromatic amines is 1. The molecule has 0 saturated heterocycles. The van der Waals surface area contributed by atoms with Crippen LogP contribution in [0.2, 0.25) is 0 Å². The molecular formula is C12H10N2OS. The van der Waals surface area contributed by atoms with Gasteiger partial charge in [-0.3, -0.25) is 0 Å². The van der Waals surface area contributed by atoms with E-state index in [-0.39, 0.29) is 0 Å². The number of H-pyrrole nitrogens is 1. The van der Waals surface area contributed by atoms with Crippen molar-refractivity contribution in [2.45, 2.75) is 0 Å². The van der Waals surface area contributed by atoms with E-state index < -0.39 is 0 Å². The molecule has 0 aliphatic rings. The number of benzene rings is 1. The van der Waals surface area contributed by atoms with Crippen LogP contribution in [0.1, 0.15) is 0 Å². The first-order valence-corrected chi connectivity index (χ1v) is 5.83. The lowest BCUT2D eigenvalue weighted by atomic mass is 10.3. The number of nitrogens with one attached hydrogen (secondary N) is 1. The molecule has 0 unspecified atom stereocenters. The molecule has 0 fully saturated rings. The predicted octanol–water partition coefficient (Wildman–Crippen LogP) is 3.30. The minimum Gasteiger partial charge on any atom is -0.494 e. The number of imidazole rings is 1. The Morgan fingerprint density at radius 1 is 1.25 bits per heavy atom. The van der Waals surface area contributed by atoms with Gasteiger partial charge >= 0.3 is 0 Å². The van der Waals surface area contributed by atoms with Crippen LogP contribution in [-0.4, -0.2) is 17.1 Å². The Labute approximate surface area is 96.7 Å². The molecule has 3 aromatic rings. The van der Waals surface area contributed by atoms with Crippen molar-refractivity contribution in [1.82, 2.24) is 9.97 Å². The fourth-order valence-electron chi connectivity index (χ4n) is 1.70. The molecule has 2 heterocycles. The average Bonchev–Trinajstić information content (AvgIpc) is 2.96. The van der Waals surface area contributed by atoms with E-state index in [0.29, 0.717) is 0 Å². The van der Waals surface area contributed by atoms with Crippen molar-refractivity contribution in [3.63, 3.8) is 0 Å². The van der Waals surface area contributed by atoms with E-state index in [4.69, 9.17) is 4.74 Å². The number of hydrogen-bond acceptors (Lipinski definition) is 3. The van der Waals surface area contributed by atoms with Gasteiger partial charge in [-0.25, -0.2) is 4.98 Å². The summed E-state index contributed by atoms with van der Waals surface area (Å²) in [5.41, 5.74) is 1.89. The van der Waals surface area contributed by atoms with Crippen LogP contribution in [0.4, 0.5) is 0 Å². The van der Waals surface area contributed by atoms with Crippen LogP contribution < -0.4 is 4.74 Å². The Hall–Kier alpha value is -1.81. The minimum absolute atomic E-state index is 0.802. The summed E-state index contributed by atoms with van der Waals surface area (Å²) in [6, 6.07) is 9.94. The maximum Gasteiger partial charge on any atom is 0.148 e. The van der Waals surface area contributed by atoms with Gasteiger partial charge in [0.25, 0.3) is 0 Å². The summed E-state index contributed by atoms with van der Waals surface area (Å²) in [6.45, 7) is 0. The average molecular weight is 230 g/mol. The highest BCUT2D eigenvalue weighted by Crippen LogP contribution is 2.28. The first-order chi connectivity index (χ1) is 7.88. The molecule has 0 aliphatic heterocycles. The number of thiophene rings is 1. The second-order valence-electron chi connectivity index (χ2n) is 3.42. The Balaban J connectivity index is 2.23. The molecule has 1 aromatic carbocycles. The van der Waals surface area contributed by atoms with Gasteiger partial charge < -0.3 is 9.72 Å². The van der Waals surface area contributed by atoms with Crippen molar-refractivity contribution >= 4 is 22.4 Å². The summed E-state index contributed by atoms with van der Waals surface area (Å²) in [7, 11) is 1.66. The van der Waals surface area contributed by atoms with Gasteiger partial charge in [0, 0.05) is 0 Å². The maximum atomic E-state index is 5.28. The number of fused-ring (bicyclic) bond motifs is 1. The zero-order chi connectivity index (χ0) is 11.0. The Morgan fingerprint density at radius 3 is 2.94 bits per heavy atom. The van der Waals surface area contributed by atoms with Crippen LogP contribution in [0.15, 0.2) is 35.7 Å². The van der Waals surface area contributed by atoms with Crippen molar-refractivity contribution in [2.75, 3.05) is 7.11 Å². The van der Waals surface area contributed by atoms with Crippen LogP contribution in [0.5, 0.6) is 5.75 Å². The molecule has 0 saturated carbocycles. The Kier molecular flexibility index (Phi) is 2.15. The zero-order valence-electron chi connectivity index (χ0n) is 8.73. The molecule has 0 radical (unpaired) electrons. The molecule has 0 bridgehead atoms. The van der Waals surface area contributed by atoms with Crippen LogP contribution in [0, 0.1) is 0 Å². The molecule has 3 nitrogen and oxygen atoms in total. The minimum atomic E-state index is 0.802. The van der Waals surface area contributed by atoms with Crippen LogP contribution in [0.3, 0.4) is 0 Å². The molecule has 0 spiro atoms. The zero-order valence-corrected chi connectivity index (χ0v) is 9.54. The van der Waals surface area contributed by atoms with Gasteiger partial charge in [0.1, 0.15) is 17.1 Å². The van der Waals surface area contributed by atoms with Gasteiger partial charge in [0.2, 0.25) is 0 Å². The lowest BCUT2D eigenvalue weighted by Gasteiger charge is -1.97. The molecule has 3 rings (SSSR count). The third kappa shape index (κ3) is 1.39. The number of hydrogen-bond donors (Lipinski definition) is 1. The molecule has 0 atom stereocenters. The van der Waals surface area contributed by atoms with Crippen molar-refractivity contribution in [3.05, 3.63) is 35.7 Å². The Morgan fingerprint density at radius 2 is 2.19 bits per heavy atom. The number of para-hydroxylation sites is 1. The van der Waals surface area contributed by atoms with Crippen molar-refractivity contribution in [2.24, 2.45) is 0 Å². The van der Waals surface area contributed by atoms with Gasteiger partial charge in [-0.05, 0) is 23.6 Å². The lowest BCUT2D eigenvalue weighted by molar-refractivity contribution is 0.419. The fraction of sp³-hybridized carbons (Fsp3) is 0.0833. The van der Waals surface area contributed by atoms with Gasteiger partial charge in [-0.1, -0.05) is 12.1 Å². The summed E-state index contributed by atoms with van der Waals surface area (Å²) in [4.78, 5) is 8.99. The largest absolute Gasteiger partial charge is 0.494 e. The van der Waals surface area contributed by atoms with E-state index in [1.165, 1.54) is 0 Å². The number of aromatic nitrogens is 2. The molecule has 80 valence electrons. The van der Waals surface area contributed by atoms with Crippen molar-refractivity contribution < 1.29 is 4.74 Å². The quantitative estimate of drug-likeness (QED) is 0.733. The summed E-state index contributed by atoms with van der Waals surface area (Å²) < 4.78 is 5.28. The molecule has 0 aliphatic carbocycles. The standard InChI is InChI=1S/C12H10N2OS/c1-15-9-5-2-4-8-11(9)14-12(13-8)10-6-3-7-16-10/h2-7H,1H3,(H,13,14). The number of rotatable bonds is 2. The third-order valence-electron chi connectivity index (χ3n) is 2.45. The summed E-state index contributed by atoms with van der Waals surface area (Å²) in [5, 5.41) is 2.04.